The van der Waals surface area contributed by atoms with E-state index in [0.29, 0.717) is 10.7 Å². The molecule has 0 aliphatic carbocycles. The first-order chi connectivity index (χ1) is 14.5. The van der Waals surface area contributed by atoms with E-state index in [4.69, 9.17) is 11.6 Å². The van der Waals surface area contributed by atoms with Crippen LogP contribution in [0.15, 0.2) is 47.4 Å². The summed E-state index contributed by atoms with van der Waals surface area (Å²) in [5, 5.41) is 3.29. The van der Waals surface area contributed by atoms with Gasteiger partial charge < -0.3 is 5.32 Å². The van der Waals surface area contributed by atoms with Crippen LogP contribution in [-0.4, -0.2) is 56.3 Å². The Morgan fingerprint density at radius 3 is 2.35 bits per heavy atom. The summed E-state index contributed by atoms with van der Waals surface area (Å²) in [6.45, 7) is 2.21. The topological polar surface area (TPSA) is 69.7 Å². The van der Waals surface area contributed by atoms with Crippen LogP contribution < -0.4 is 5.32 Å². The van der Waals surface area contributed by atoms with E-state index in [1.165, 1.54) is 6.07 Å². The molecule has 0 unspecified atom stereocenters. The van der Waals surface area contributed by atoms with E-state index in [9.17, 15) is 26.4 Å². The van der Waals surface area contributed by atoms with Crippen LogP contribution in [0.3, 0.4) is 0 Å². The zero-order chi connectivity index (χ0) is 22.8. The minimum absolute atomic E-state index is 0.0159. The predicted octanol–water partition coefficient (Wildman–Crippen LogP) is 3.61. The van der Waals surface area contributed by atoms with Gasteiger partial charge in [0.15, 0.2) is 0 Å². The lowest BCUT2D eigenvalue weighted by molar-refractivity contribution is -0.140. The Kier molecular flexibility index (Phi) is 6.95. The fourth-order valence-corrected chi connectivity index (χ4v) is 5.14. The number of hydrogen-bond acceptors (Lipinski definition) is 4. The van der Waals surface area contributed by atoms with Gasteiger partial charge in [0.1, 0.15) is 0 Å². The zero-order valence-corrected chi connectivity index (χ0v) is 18.2. The summed E-state index contributed by atoms with van der Waals surface area (Å²) in [7, 11) is -4.32. The number of carbonyl (C=O) groups is 1. The Morgan fingerprint density at radius 1 is 1.06 bits per heavy atom. The highest BCUT2D eigenvalue weighted by atomic mass is 35.5. The van der Waals surface area contributed by atoms with Crippen molar-refractivity contribution in [3.8, 4) is 0 Å². The van der Waals surface area contributed by atoms with E-state index < -0.39 is 26.7 Å². The lowest BCUT2D eigenvalue weighted by Gasteiger charge is -2.34. The van der Waals surface area contributed by atoms with Gasteiger partial charge in [-0.05, 0) is 36.8 Å². The van der Waals surface area contributed by atoms with Gasteiger partial charge in [0.25, 0.3) is 0 Å². The largest absolute Gasteiger partial charge is 0.417 e. The Morgan fingerprint density at radius 2 is 1.71 bits per heavy atom. The molecule has 6 nitrogen and oxygen atoms in total. The standard InChI is InChI=1S/C20H21ClF3N3O3S/c1-14-16(21)6-4-7-17(14)25-19(28)13-26-9-11-27(12-10-26)31(29,30)18-8-3-2-5-15(18)20(22,23)24/h2-8H,9-13H2,1H3,(H,25,28). The van der Waals surface area contributed by atoms with Gasteiger partial charge in [-0.1, -0.05) is 29.8 Å². The van der Waals surface area contributed by atoms with Crippen molar-refractivity contribution in [2.75, 3.05) is 38.0 Å². The number of carbonyl (C=O) groups excluding carboxylic acids is 1. The van der Waals surface area contributed by atoms with Gasteiger partial charge in [0.05, 0.1) is 17.0 Å². The minimum Gasteiger partial charge on any atom is -0.325 e. The van der Waals surface area contributed by atoms with Gasteiger partial charge in [-0.2, -0.15) is 17.5 Å². The molecule has 0 bridgehead atoms. The highest BCUT2D eigenvalue weighted by Gasteiger charge is 2.39. The van der Waals surface area contributed by atoms with Gasteiger partial charge in [-0.3, -0.25) is 9.69 Å². The zero-order valence-electron chi connectivity index (χ0n) is 16.6. The van der Waals surface area contributed by atoms with Crippen LogP contribution in [0.1, 0.15) is 11.1 Å². The highest BCUT2D eigenvalue weighted by Crippen LogP contribution is 2.35. The van der Waals surface area contributed by atoms with E-state index in [2.05, 4.69) is 5.32 Å². The first kappa shape index (κ1) is 23.5. The van der Waals surface area contributed by atoms with E-state index >= 15 is 0 Å². The van der Waals surface area contributed by atoms with Crippen molar-refractivity contribution in [3.63, 3.8) is 0 Å². The van der Waals surface area contributed by atoms with Crippen molar-refractivity contribution in [1.29, 1.82) is 0 Å². The lowest BCUT2D eigenvalue weighted by Crippen LogP contribution is -2.50. The fraction of sp³-hybridized carbons (Fsp3) is 0.350. The third-order valence-corrected chi connectivity index (χ3v) is 7.42. The molecule has 0 atom stereocenters. The maximum absolute atomic E-state index is 13.2. The molecule has 3 rings (SSSR count). The van der Waals surface area contributed by atoms with Gasteiger partial charge in [-0.25, -0.2) is 8.42 Å². The maximum atomic E-state index is 13.2. The van der Waals surface area contributed by atoms with Crippen LogP contribution in [0, 0.1) is 6.92 Å². The number of sulfonamides is 1. The second-order valence-corrected chi connectivity index (χ2v) is 9.45. The van der Waals surface area contributed by atoms with Gasteiger partial charge in [0.2, 0.25) is 15.9 Å². The number of nitrogens with zero attached hydrogens (tertiary/aromatic N) is 2. The first-order valence-electron chi connectivity index (χ1n) is 9.44. The Bertz CT molecular complexity index is 1070. The predicted molar refractivity (Wildman–Crippen MR) is 111 cm³/mol. The molecule has 0 saturated carbocycles. The monoisotopic (exact) mass is 475 g/mol. The van der Waals surface area contributed by atoms with E-state index in [1.807, 2.05) is 0 Å². The normalized spacial score (nSPS) is 16.3. The van der Waals surface area contributed by atoms with Crippen molar-refractivity contribution < 1.29 is 26.4 Å². The van der Waals surface area contributed by atoms with Crippen LogP contribution in [0.5, 0.6) is 0 Å². The molecule has 1 heterocycles. The number of nitrogens with one attached hydrogen (secondary N) is 1. The third kappa shape index (κ3) is 5.38. The number of anilines is 1. The molecular weight excluding hydrogens is 455 g/mol. The molecule has 0 spiro atoms. The number of halogens is 4. The molecule has 168 valence electrons. The molecule has 1 amide bonds. The Labute approximate surface area is 183 Å². The van der Waals surface area contributed by atoms with Crippen LogP contribution in [0.25, 0.3) is 0 Å². The highest BCUT2D eigenvalue weighted by molar-refractivity contribution is 7.89. The molecule has 1 fully saturated rings. The number of alkyl halides is 3. The molecule has 1 saturated heterocycles. The minimum atomic E-state index is -4.78. The third-order valence-electron chi connectivity index (χ3n) is 5.05. The summed E-state index contributed by atoms with van der Waals surface area (Å²) in [5.74, 6) is -0.288. The number of piperazine rings is 1. The molecule has 1 aliphatic rings. The van der Waals surface area contributed by atoms with Gasteiger partial charge in [-0.15, -0.1) is 0 Å². The summed E-state index contributed by atoms with van der Waals surface area (Å²) in [4.78, 5) is 13.3. The number of rotatable bonds is 5. The van der Waals surface area contributed by atoms with E-state index in [1.54, 1.807) is 30.0 Å². The van der Waals surface area contributed by atoms with Crippen molar-refractivity contribution in [2.24, 2.45) is 0 Å². The van der Waals surface area contributed by atoms with Gasteiger partial charge in [0, 0.05) is 36.9 Å². The number of amides is 1. The Balaban J connectivity index is 1.63. The molecule has 0 radical (unpaired) electrons. The average molecular weight is 476 g/mol. The van der Waals surface area contributed by atoms with Crippen LogP contribution in [0.2, 0.25) is 5.02 Å². The van der Waals surface area contributed by atoms with E-state index in [0.717, 1.165) is 28.1 Å². The van der Waals surface area contributed by atoms with Crippen LogP contribution in [0.4, 0.5) is 18.9 Å². The van der Waals surface area contributed by atoms with Crippen molar-refractivity contribution in [3.05, 3.63) is 58.6 Å². The SMILES string of the molecule is Cc1c(Cl)cccc1NC(=O)CN1CCN(S(=O)(=O)c2ccccc2C(F)(F)F)CC1. The lowest BCUT2D eigenvalue weighted by atomic mass is 10.2. The quantitative estimate of drug-likeness (QED) is 0.717. The van der Waals surface area contributed by atoms with Crippen molar-refractivity contribution >= 4 is 33.2 Å². The Hall–Kier alpha value is -2.14. The summed E-state index contributed by atoms with van der Waals surface area (Å²) < 4.78 is 66.4. The van der Waals surface area contributed by atoms with Crippen molar-refractivity contribution in [1.82, 2.24) is 9.21 Å². The number of benzene rings is 2. The smallest absolute Gasteiger partial charge is 0.325 e. The summed E-state index contributed by atoms with van der Waals surface area (Å²) >= 11 is 6.04. The van der Waals surface area contributed by atoms with E-state index in [-0.39, 0.29) is 38.6 Å². The molecule has 1 N–H and O–H groups in total. The fourth-order valence-electron chi connectivity index (χ4n) is 3.33. The average Bonchev–Trinajstić information content (AvgIpc) is 2.71. The molecule has 0 aromatic heterocycles. The second-order valence-electron chi connectivity index (χ2n) is 7.13. The molecule has 1 aliphatic heterocycles. The van der Waals surface area contributed by atoms with Crippen LogP contribution >= 0.6 is 11.6 Å². The molecular formula is C20H21ClF3N3O3S. The molecule has 31 heavy (non-hydrogen) atoms. The maximum Gasteiger partial charge on any atom is 0.417 e. The summed E-state index contributed by atoms with van der Waals surface area (Å²) in [6, 6.07) is 9.29. The van der Waals surface area contributed by atoms with Crippen LogP contribution in [-0.2, 0) is 21.0 Å². The molecule has 2 aromatic rings. The molecule has 2 aromatic carbocycles. The van der Waals surface area contributed by atoms with Crippen molar-refractivity contribution in [2.45, 2.75) is 18.0 Å². The first-order valence-corrected chi connectivity index (χ1v) is 11.3. The number of hydrogen-bond donors (Lipinski definition) is 1. The summed E-state index contributed by atoms with van der Waals surface area (Å²) in [6.07, 6.45) is -4.78. The molecule has 11 heteroatoms. The van der Waals surface area contributed by atoms with Gasteiger partial charge >= 0.3 is 6.18 Å². The summed E-state index contributed by atoms with van der Waals surface area (Å²) in [5.41, 5.74) is 0.132. The second kappa shape index (κ2) is 9.15.